The lowest BCUT2D eigenvalue weighted by Gasteiger charge is -2.48. The molecule has 0 aliphatic heterocycles. The molecule has 1 saturated carbocycles. The molecule has 1 aliphatic carbocycles. The highest BCUT2D eigenvalue weighted by Crippen LogP contribution is 2.52. The number of rotatable bonds is 6. The van der Waals surface area contributed by atoms with E-state index in [4.69, 9.17) is 14.2 Å². The molecule has 0 aromatic rings. The Balaban J connectivity index is 2.51. The second kappa shape index (κ2) is 6.34. The van der Waals surface area contributed by atoms with Crippen LogP contribution in [0, 0.1) is 11.3 Å². The van der Waals surface area contributed by atoms with E-state index in [1.54, 1.807) is 7.11 Å². The molecule has 1 unspecified atom stereocenters. The van der Waals surface area contributed by atoms with Gasteiger partial charge in [0.2, 0.25) is 0 Å². The molecule has 0 bridgehead atoms. The molecule has 1 fully saturated rings. The van der Waals surface area contributed by atoms with Gasteiger partial charge in [-0.3, -0.25) is 4.79 Å². The molecule has 1 aliphatic rings. The molecular formula is C14H24O4. The van der Waals surface area contributed by atoms with Gasteiger partial charge in [-0.15, -0.1) is 0 Å². The molecule has 0 aromatic carbocycles. The van der Waals surface area contributed by atoms with Crippen LogP contribution in [0.4, 0.5) is 0 Å². The van der Waals surface area contributed by atoms with Gasteiger partial charge >= 0.3 is 5.97 Å². The van der Waals surface area contributed by atoms with Crippen molar-refractivity contribution in [1.29, 1.82) is 0 Å². The summed E-state index contributed by atoms with van der Waals surface area (Å²) >= 11 is 0. The van der Waals surface area contributed by atoms with Crippen LogP contribution in [0.1, 0.15) is 34.1 Å². The van der Waals surface area contributed by atoms with Gasteiger partial charge in [-0.2, -0.15) is 0 Å². The van der Waals surface area contributed by atoms with Gasteiger partial charge in [0.15, 0.2) is 0 Å². The summed E-state index contributed by atoms with van der Waals surface area (Å²) in [6.45, 7) is 9.36. The normalized spacial score (nSPS) is 24.4. The van der Waals surface area contributed by atoms with Crippen molar-refractivity contribution < 1.29 is 19.0 Å². The van der Waals surface area contributed by atoms with E-state index in [2.05, 4.69) is 13.8 Å². The molecule has 0 N–H and O–H groups in total. The van der Waals surface area contributed by atoms with Gasteiger partial charge < -0.3 is 14.2 Å². The van der Waals surface area contributed by atoms with Crippen molar-refractivity contribution in [3.63, 3.8) is 0 Å². The van der Waals surface area contributed by atoms with Gasteiger partial charge in [0.25, 0.3) is 0 Å². The molecule has 1 rings (SSSR count). The maximum atomic E-state index is 10.8. The first kappa shape index (κ1) is 15.2. The van der Waals surface area contributed by atoms with Crippen molar-refractivity contribution in [2.45, 2.75) is 34.1 Å². The third-order valence-corrected chi connectivity index (χ3v) is 3.78. The molecule has 0 heterocycles. The van der Waals surface area contributed by atoms with Crippen LogP contribution in [0.15, 0.2) is 11.1 Å². The number of carbonyl (C=O) groups excluding carboxylic acids is 1. The molecule has 0 radical (unpaired) electrons. The summed E-state index contributed by atoms with van der Waals surface area (Å²) in [7, 11) is 1.63. The van der Waals surface area contributed by atoms with E-state index in [1.165, 1.54) is 12.5 Å². The predicted octanol–water partition coefficient (Wildman–Crippen LogP) is 2.53. The Kier molecular flexibility index (Phi) is 5.35. The minimum absolute atomic E-state index is 0.123. The van der Waals surface area contributed by atoms with Crippen LogP contribution >= 0.6 is 0 Å². The molecular weight excluding hydrogens is 232 g/mol. The van der Waals surface area contributed by atoms with Gasteiger partial charge in [-0.05, 0) is 30.3 Å². The first-order valence-corrected chi connectivity index (χ1v) is 6.28. The van der Waals surface area contributed by atoms with E-state index < -0.39 is 0 Å². The fourth-order valence-corrected chi connectivity index (χ4v) is 2.44. The van der Waals surface area contributed by atoms with Crippen molar-refractivity contribution in [2.24, 2.45) is 11.3 Å². The number of ether oxygens (including phenoxy) is 3. The van der Waals surface area contributed by atoms with Crippen LogP contribution in [-0.4, -0.2) is 33.1 Å². The minimum Gasteiger partial charge on any atom is -0.461 e. The third kappa shape index (κ3) is 3.56. The van der Waals surface area contributed by atoms with Gasteiger partial charge in [-0.1, -0.05) is 19.4 Å². The zero-order chi connectivity index (χ0) is 13.8. The number of allylic oxidation sites excluding steroid dienone is 1. The lowest BCUT2D eigenvalue weighted by molar-refractivity contribution is -0.140. The standard InChI is InChI=1S/C14H24O4/c1-10(7-18-11(2)15)13-6-12(14(13,3)4)8-17-9-16-5/h12H,6-9H2,1-5H3. The fraction of sp³-hybridized carbons (Fsp3) is 0.786. The fourth-order valence-electron chi connectivity index (χ4n) is 2.44. The Morgan fingerprint density at radius 1 is 1.39 bits per heavy atom. The largest absolute Gasteiger partial charge is 0.461 e. The van der Waals surface area contributed by atoms with Crippen molar-refractivity contribution in [2.75, 3.05) is 27.1 Å². The van der Waals surface area contributed by atoms with Crippen LogP contribution in [0.25, 0.3) is 0 Å². The number of hydrogen-bond donors (Lipinski definition) is 0. The monoisotopic (exact) mass is 256 g/mol. The van der Waals surface area contributed by atoms with Crippen LogP contribution in [-0.2, 0) is 19.0 Å². The Hall–Kier alpha value is -0.870. The Bertz CT molecular complexity index is 331. The molecule has 1 atom stereocenters. The van der Waals surface area contributed by atoms with Crippen molar-refractivity contribution in [3.8, 4) is 0 Å². The van der Waals surface area contributed by atoms with E-state index in [9.17, 15) is 4.79 Å². The molecule has 0 saturated heterocycles. The second-order valence-electron chi connectivity index (χ2n) is 5.44. The van der Waals surface area contributed by atoms with Crippen molar-refractivity contribution in [3.05, 3.63) is 11.1 Å². The predicted molar refractivity (Wildman–Crippen MR) is 69.0 cm³/mol. The van der Waals surface area contributed by atoms with Crippen LogP contribution < -0.4 is 0 Å². The highest BCUT2D eigenvalue weighted by atomic mass is 16.7. The Labute approximate surface area is 109 Å². The van der Waals surface area contributed by atoms with E-state index >= 15 is 0 Å². The molecule has 104 valence electrons. The smallest absolute Gasteiger partial charge is 0.302 e. The lowest BCUT2D eigenvalue weighted by Crippen LogP contribution is -2.41. The highest BCUT2D eigenvalue weighted by Gasteiger charge is 2.44. The van der Waals surface area contributed by atoms with Crippen molar-refractivity contribution in [1.82, 2.24) is 0 Å². The summed E-state index contributed by atoms with van der Waals surface area (Å²) in [5.74, 6) is 0.280. The topological polar surface area (TPSA) is 44.8 Å². The van der Waals surface area contributed by atoms with Crippen LogP contribution in [0.5, 0.6) is 0 Å². The van der Waals surface area contributed by atoms with Crippen LogP contribution in [0.3, 0.4) is 0 Å². The zero-order valence-corrected chi connectivity index (χ0v) is 12.0. The first-order valence-electron chi connectivity index (χ1n) is 6.28. The third-order valence-electron chi connectivity index (χ3n) is 3.78. The minimum atomic E-state index is -0.230. The average Bonchev–Trinajstić information content (AvgIpc) is 2.29. The van der Waals surface area contributed by atoms with E-state index in [0.717, 1.165) is 12.0 Å². The van der Waals surface area contributed by atoms with E-state index in [0.29, 0.717) is 25.9 Å². The average molecular weight is 256 g/mol. The van der Waals surface area contributed by atoms with E-state index in [-0.39, 0.29) is 11.4 Å². The summed E-state index contributed by atoms with van der Waals surface area (Å²) in [5.41, 5.74) is 2.67. The number of carbonyl (C=O) groups is 1. The maximum Gasteiger partial charge on any atom is 0.302 e. The summed E-state index contributed by atoms with van der Waals surface area (Å²) in [6.07, 6.45) is 1.02. The Morgan fingerprint density at radius 2 is 2.06 bits per heavy atom. The van der Waals surface area contributed by atoms with Gasteiger partial charge in [0.05, 0.1) is 6.61 Å². The zero-order valence-electron chi connectivity index (χ0n) is 12.0. The van der Waals surface area contributed by atoms with Gasteiger partial charge in [-0.25, -0.2) is 0 Å². The lowest BCUT2D eigenvalue weighted by atomic mass is 9.58. The second-order valence-corrected chi connectivity index (χ2v) is 5.44. The van der Waals surface area contributed by atoms with Crippen molar-refractivity contribution >= 4 is 5.97 Å². The summed E-state index contributed by atoms with van der Waals surface area (Å²) < 4.78 is 15.3. The molecule has 0 aromatic heterocycles. The maximum absolute atomic E-state index is 10.8. The molecule has 4 heteroatoms. The molecule has 4 nitrogen and oxygen atoms in total. The van der Waals surface area contributed by atoms with Crippen LogP contribution in [0.2, 0.25) is 0 Å². The van der Waals surface area contributed by atoms with Gasteiger partial charge in [0.1, 0.15) is 13.4 Å². The summed E-state index contributed by atoms with van der Waals surface area (Å²) in [4.78, 5) is 10.8. The SMILES string of the molecule is COCOCC1CC(=C(C)COC(C)=O)C1(C)C. The Morgan fingerprint density at radius 3 is 2.56 bits per heavy atom. The first-order chi connectivity index (χ1) is 8.39. The number of esters is 1. The number of hydrogen-bond acceptors (Lipinski definition) is 4. The summed E-state index contributed by atoms with van der Waals surface area (Å²) in [5, 5.41) is 0. The number of methoxy groups -OCH3 is 1. The highest BCUT2D eigenvalue weighted by molar-refractivity contribution is 5.66. The summed E-state index contributed by atoms with van der Waals surface area (Å²) in [6, 6.07) is 0. The van der Waals surface area contributed by atoms with Gasteiger partial charge in [0, 0.05) is 14.0 Å². The molecule has 18 heavy (non-hydrogen) atoms. The molecule has 0 spiro atoms. The van der Waals surface area contributed by atoms with E-state index in [1.807, 2.05) is 6.92 Å². The molecule has 0 amide bonds. The quantitative estimate of drug-likeness (QED) is 0.317.